The number of allylic oxidation sites excluding steroid dienone is 1. The minimum absolute atomic E-state index is 0.0616. The van der Waals surface area contributed by atoms with Gasteiger partial charge >= 0.3 is 0 Å². The van der Waals surface area contributed by atoms with Crippen LogP contribution in [0.3, 0.4) is 0 Å². The molecule has 0 bridgehead atoms. The molecule has 0 radical (unpaired) electrons. The van der Waals surface area contributed by atoms with E-state index in [1.807, 2.05) is 22.8 Å². The summed E-state index contributed by atoms with van der Waals surface area (Å²) in [7, 11) is 0. The Morgan fingerprint density at radius 3 is 2.70 bits per heavy atom. The molecule has 1 heterocycles. The third-order valence-electron chi connectivity index (χ3n) is 3.62. The summed E-state index contributed by atoms with van der Waals surface area (Å²) < 4.78 is 15.5. The molecule has 0 spiro atoms. The van der Waals surface area contributed by atoms with Crippen molar-refractivity contribution in [2.75, 3.05) is 11.1 Å². The summed E-state index contributed by atoms with van der Waals surface area (Å²) in [5, 5.41) is 12.0. The van der Waals surface area contributed by atoms with Crippen molar-refractivity contribution in [2.24, 2.45) is 0 Å². The predicted molar refractivity (Wildman–Crippen MR) is 106 cm³/mol. The van der Waals surface area contributed by atoms with E-state index in [0.717, 1.165) is 5.56 Å². The molecule has 1 aromatic heterocycles. The van der Waals surface area contributed by atoms with Gasteiger partial charge in [-0.3, -0.25) is 9.36 Å². The highest BCUT2D eigenvalue weighted by Gasteiger charge is 2.17. The molecule has 138 valence electrons. The fraction of sp³-hybridized carbons (Fsp3) is 0.105. The van der Waals surface area contributed by atoms with E-state index in [0.29, 0.717) is 22.5 Å². The maximum absolute atomic E-state index is 13.6. The van der Waals surface area contributed by atoms with Crippen molar-refractivity contribution in [3.05, 3.63) is 72.0 Å². The predicted octanol–water partition coefficient (Wildman–Crippen LogP) is 4.65. The summed E-state index contributed by atoms with van der Waals surface area (Å²) in [4.78, 5) is 12.1. The highest BCUT2D eigenvalue weighted by molar-refractivity contribution is 7.99. The van der Waals surface area contributed by atoms with Crippen molar-refractivity contribution >= 4 is 35.0 Å². The van der Waals surface area contributed by atoms with Gasteiger partial charge in [0.25, 0.3) is 0 Å². The van der Waals surface area contributed by atoms with Gasteiger partial charge in [-0.25, -0.2) is 4.39 Å². The van der Waals surface area contributed by atoms with Crippen molar-refractivity contribution in [3.8, 4) is 11.4 Å². The lowest BCUT2D eigenvalue weighted by atomic mass is 10.2. The molecule has 0 aliphatic rings. The largest absolute Gasteiger partial charge is 0.323 e. The van der Waals surface area contributed by atoms with Crippen LogP contribution in [0.25, 0.3) is 11.4 Å². The zero-order chi connectivity index (χ0) is 19.2. The summed E-state index contributed by atoms with van der Waals surface area (Å²) in [5.74, 6) is -0.159. The topological polar surface area (TPSA) is 59.8 Å². The first-order chi connectivity index (χ1) is 13.1. The maximum Gasteiger partial charge on any atom is 0.234 e. The van der Waals surface area contributed by atoms with Gasteiger partial charge < -0.3 is 5.32 Å². The lowest BCUT2D eigenvalue weighted by Gasteiger charge is -2.09. The van der Waals surface area contributed by atoms with Crippen molar-refractivity contribution in [2.45, 2.75) is 11.7 Å². The van der Waals surface area contributed by atoms with E-state index in [2.05, 4.69) is 22.1 Å². The van der Waals surface area contributed by atoms with E-state index >= 15 is 0 Å². The molecule has 3 aromatic rings. The van der Waals surface area contributed by atoms with Crippen LogP contribution in [0.5, 0.6) is 0 Å². The zero-order valence-corrected chi connectivity index (χ0v) is 15.8. The molecule has 0 saturated carbocycles. The smallest absolute Gasteiger partial charge is 0.234 e. The number of anilines is 1. The number of thioether (sulfide) groups is 1. The van der Waals surface area contributed by atoms with Crippen molar-refractivity contribution in [3.63, 3.8) is 0 Å². The van der Waals surface area contributed by atoms with E-state index in [1.54, 1.807) is 24.3 Å². The molecular weight excluding hydrogens is 387 g/mol. The number of nitrogens with one attached hydrogen (secondary N) is 1. The highest BCUT2D eigenvalue weighted by atomic mass is 35.5. The second-order valence-corrected chi connectivity index (χ2v) is 6.85. The molecule has 8 heteroatoms. The van der Waals surface area contributed by atoms with Gasteiger partial charge in [-0.1, -0.05) is 53.7 Å². The lowest BCUT2D eigenvalue weighted by Crippen LogP contribution is -2.15. The first-order valence-electron chi connectivity index (χ1n) is 8.06. The average Bonchev–Trinajstić information content (AvgIpc) is 3.05. The van der Waals surface area contributed by atoms with Crippen LogP contribution in [0.1, 0.15) is 0 Å². The fourth-order valence-electron chi connectivity index (χ4n) is 2.41. The number of hydrogen-bond acceptors (Lipinski definition) is 4. The molecule has 1 amide bonds. The van der Waals surface area contributed by atoms with Crippen molar-refractivity contribution in [1.29, 1.82) is 0 Å². The Balaban J connectivity index is 1.75. The Hall–Kier alpha value is -2.64. The van der Waals surface area contributed by atoms with E-state index in [9.17, 15) is 9.18 Å². The molecule has 0 fully saturated rings. The zero-order valence-electron chi connectivity index (χ0n) is 14.2. The number of carbonyl (C=O) groups is 1. The van der Waals surface area contributed by atoms with Gasteiger partial charge in [0.15, 0.2) is 11.0 Å². The van der Waals surface area contributed by atoms with Crippen LogP contribution in [0, 0.1) is 5.82 Å². The van der Waals surface area contributed by atoms with Gasteiger partial charge in [0.1, 0.15) is 5.82 Å². The van der Waals surface area contributed by atoms with Crippen LogP contribution in [-0.2, 0) is 11.3 Å². The van der Waals surface area contributed by atoms with Gasteiger partial charge in [-0.2, -0.15) is 0 Å². The summed E-state index contributed by atoms with van der Waals surface area (Å²) in [6.07, 6.45) is 1.72. The Morgan fingerprint density at radius 1 is 1.22 bits per heavy atom. The van der Waals surface area contributed by atoms with Gasteiger partial charge in [-0.05, 0) is 24.3 Å². The number of aromatic nitrogens is 3. The first-order valence-corrected chi connectivity index (χ1v) is 9.42. The molecule has 0 atom stereocenters. The second-order valence-electron chi connectivity index (χ2n) is 5.50. The normalized spacial score (nSPS) is 10.6. The summed E-state index contributed by atoms with van der Waals surface area (Å²) in [6.45, 7) is 4.22. The average molecular weight is 403 g/mol. The number of carbonyl (C=O) groups excluding carboxylic acids is 1. The van der Waals surface area contributed by atoms with Crippen LogP contribution in [0.4, 0.5) is 10.1 Å². The monoisotopic (exact) mass is 402 g/mol. The summed E-state index contributed by atoms with van der Waals surface area (Å²) in [5.41, 5.74) is 0.892. The van der Waals surface area contributed by atoms with Gasteiger partial charge in [0.05, 0.1) is 16.5 Å². The van der Waals surface area contributed by atoms with Crippen LogP contribution >= 0.6 is 23.4 Å². The van der Waals surface area contributed by atoms with E-state index < -0.39 is 5.82 Å². The summed E-state index contributed by atoms with van der Waals surface area (Å²) in [6, 6.07) is 13.3. The molecule has 0 unspecified atom stereocenters. The molecule has 2 aromatic carbocycles. The van der Waals surface area contributed by atoms with Crippen LogP contribution in [0.2, 0.25) is 5.02 Å². The Morgan fingerprint density at radius 2 is 1.96 bits per heavy atom. The number of halogens is 2. The molecule has 27 heavy (non-hydrogen) atoms. The minimum atomic E-state index is -0.480. The number of rotatable bonds is 7. The Bertz CT molecular complexity index is 976. The Labute approximate surface area is 165 Å². The van der Waals surface area contributed by atoms with E-state index in [4.69, 9.17) is 11.6 Å². The van der Waals surface area contributed by atoms with Crippen LogP contribution in [0.15, 0.2) is 66.3 Å². The SMILES string of the molecule is C=CCn1c(SCC(=O)Nc2ccccc2F)nnc1-c1ccccc1Cl. The maximum atomic E-state index is 13.6. The quantitative estimate of drug-likeness (QED) is 0.461. The standard InChI is InChI=1S/C19H16ClFN4OS/c1-2-11-25-18(13-7-3-4-8-14(13)20)23-24-19(25)27-12-17(26)22-16-10-6-5-9-15(16)21/h2-10H,1,11-12H2,(H,22,26). The van der Waals surface area contributed by atoms with Crippen LogP contribution < -0.4 is 5.32 Å². The van der Waals surface area contributed by atoms with E-state index in [-0.39, 0.29) is 17.3 Å². The number of amides is 1. The minimum Gasteiger partial charge on any atom is -0.323 e. The van der Waals surface area contributed by atoms with Gasteiger partial charge in [0.2, 0.25) is 5.91 Å². The second kappa shape index (κ2) is 8.83. The molecule has 0 aliphatic carbocycles. The van der Waals surface area contributed by atoms with Crippen molar-refractivity contribution in [1.82, 2.24) is 14.8 Å². The van der Waals surface area contributed by atoms with Crippen LogP contribution in [-0.4, -0.2) is 26.4 Å². The van der Waals surface area contributed by atoms with E-state index in [1.165, 1.54) is 23.9 Å². The fourth-order valence-corrected chi connectivity index (χ4v) is 3.38. The molecule has 0 aliphatic heterocycles. The third-order valence-corrected chi connectivity index (χ3v) is 4.92. The number of para-hydroxylation sites is 1. The molecule has 0 saturated heterocycles. The third kappa shape index (κ3) is 4.56. The Kier molecular flexibility index (Phi) is 6.26. The van der Waals surface area contributed by atoms with Crippen molar-refractivity contribution < 1.29 is 9.18 Å². The molecule has 3 rings (SSSR count). The lowest BCUT2D eigenvalue weighted by molar-refractivity contribution is -0.113. The summed E-state index contributed by atoms with van der Waals surface area (Å²) >= 11 is 7.46. The molecular formula is C19H16ClFN4OS. The van der Waals surface area contributed by atoms with Gasteiger partial charge in [-0.15, -0.1) is 16.8 Å². The molecule has 1 N–H and O–H groups in total. The van der Waals surface area contributed by atoms with Gasteiger partial charge in [0, 0.05) is 12.1 Å². The number of benzene rings is 2. The first kappa shape index (κ1) is 19.1. The molecule has 5 nitrogen and oxygen atoms in total. The number of nitrogens with zero attached hydrogens (tertiary/aromatic N) is 3. The highest BCUT2D eigenvalue weighted by Crippen LogP contribution is 2.29. The number of hydrogen-bond donors (Lipinski definition) is 1.